The summed E-state index contributed by atoms with van der Waals surface area (Å²) < 4.78 is 0. The van der Waals surface area contributed by atoms with Crippen molar-refractivity contribution < 1.29 is 19.5 Å². The molecule has 2 amide bonds. The Labute approximate surface area is 93.4 Å². The summed E-state index contributed by atoms with van der Waals surface area (Å²) in [5.74, 6) is -2.22. The lowest BCUT2D eigenvalue weighted by atomic mass is 9.81. The molecular formula is C11H15NO4. The molecule has 1 aliphatic carbocycles. The topological polar surface area (TPSA) is 74.7 Å². The van der Waals surface area contributed by atoms with Gasteiger partial charge in [-0.2, -0.15) is 0 Å². The molecule has 2 fully saturated rings. The molecule has 0 aromatic carbocycles. The summed E-state index contributed by atoms with van der Waals surface area (Å²) in [6, 6.07) is -1.04. The summed E-state index contributed by atoms with van der Waals surface area (Å²) in [6.45, 7) is 1.38. The maximum atomic E-state index is 11.9. The molecule has 2 aliphatic rings. The molecule has 2 rings (SSSR count). The van der Waals surface area contributed by atoms with Crippen molar-refractivity contribution in [3.63, 3.8) is 0 Å². The van der Waals surface area contributed by atoms with Crippen LogP contribution >= 0.6 is 0 Å². The number of carboxylic acids is 1. The molecule has 0 spiro atoms. The predicted molar refractivity (Wildman–Crippen MR) is 54.4 cm³/mol. The number of carbonyl (C=O) groups excluding carboxylic acids is 2. The number of hydrogen-bond donors (Lipinski definition) is 1. The van der Waals surface area contributed by atoms with E-state index in [1.165, 1.54) is 6.92 Å². The van der Waals surface area contributed by atoms with Gasteiger partial charge in [-0.1, -0.05) is 12.8 Å². The molecule has 1 unspecified atom stereocenters. The van der Waals surface area contributed by atoms with E-state index in [-0.39, 0.29) is 23.7 Å². The lowest BCUT2D eigenvalue weighted by molar-refractivity contribution is -0.154. The number of fused-ring (bicyclic) bond motifs is 1. The Balaban J connectivity index is 2.25. The number of carboxylic acid groups (broad SMARTS) is 1. The minimum absolute atomic E-state index is 0.261. The molecule has 1 saturated carbocycles. The van der Waals surface area contributed by atoms with Crippen LogP contribution in [0.4, 0.5) is 0 Å². The first-order valence-electron chi connectivity index (χ1n) is 5.63. The normalized spacial score (nSPS) is 31.4. The predicted octanol–water partition coefficient (Wildman–Crippen LogP) is 0.635. The second-order valence-corrected chi connectivity index (χ2v) is 4.56. The molecule has 0 bridgehead atoms. The second kappa shape index (κ2) is 3.88. The first-order valence-corrected chi connectivity index (χ1v) is 5.63. The number of rotatable bonds is 2. The molecular weight excluding hydrogens is 210 g/mol. The molecule has 0 radical (unpaired) electrons. The molecule has 3 atom stereocenters. The zero-order chi connectivity index (χ0) is 11.9. The van der Waals surface area contributed by atoms with Gasteiger partial charge in [0.2, 0.25) is 11.8 Å². The maximum absolute atomic E-state index is 11.9. The smallest absolute Gasteiger partial charge is 0.326 e. The van der Waals surface area contributed by atoms with Crippen LogP contribution in [0.2, 0.25) is 0 Å². The monoisotopic (exact) mass is 225 g/mol. The number of aliphatic carboxylic acids is 1. The minimum atomic E-state index is -1.12. The van der Waals surface area contributed by atoms with Crippen LogP contribution in [0.1, 0.15) is 32.6 Å². The SMILES string of the molecule is CC(C(=O)O)N1C(=O)[C@H]2CCCC[C@H]2C1=O. The number of nitrogens with zero attached hydrogens (tertiary/aromatic N) is 1. The van der Waals surface area contributed by atoms with Crippen LogP contribution in [0.5, 0.6) is 0 Å². The zero-order valence-corrected chi connectivity index (χ0v) is 9.18. The highest BCUT2D eigenvalue weighted by Crippen LogP contribution is 2.38. The van der Waals surface area contributed by atoms with E-state index < -0.39 is 12.0 Å². The Morgan fingerprint density at radius 3 is 2.06 bits per heavy atom. The highest BCUT2D eigenvalue weighted by molar-refractivity contribution is 6.07. The molecule has 16 heavy (non-hydrogen) atoms. The van der Waals surface area contributed by atoms with Crippen molar-refractivity contribution in [3.8, 4) is 0 Å². The highest BCUT2D eigenvalue weighted by Gasteiger charge is 2.50. The third kappa shape index (κ3) is 1.50. The fourth-order valence-corrected chi connectivity index (χ4v) is 2.68. The Morgan fingerprint density at radius 1 is 1.25 bits per heavy atom. The summed E-state index contributed by atoms with van der Waals surface area (Å²) in [4.78, 5) is 35.7. The van der Waals surface area contributed by atoms with Crippen molar-refractivity contribution in [2.45, 2.75) is 38.6 Å². The number of carbonyl (C=O) groups is 3. The van der Waals surface area contributed by atoms with Crippen molar-refractivity contribution in [2.75, 3.05) is 0 Å². The van der Waals surface area contributed by atoms with Crippen LogP contribution in [-0.4, -0.2) is 33.8 Å². The Hall–Kier alpha value is -1.39. The lowest BCUT2D eigenvalue weighted by Gasteiger charge is -2.19. The number of hydrogen-bond acceptors (Lipinski definition) is 3. The van der Waals surface area contributed by atoms with Gasteiger partial charge in [-0.25, -0.2) is 4.79 Å². The van der Waals surface area contributed by atoms with E-state index in [1.807, 2.05) is 0 Å². The van der Waals surface area contributed by atoms with Gasteiger partial charge in [0.1, 0.15) is 6.04 Å². The van der Waals surface area contributed by atoms with Gasteiger partial charge in [0.15, 0.2) is 0 Å². The minimum Gasteiger partial charge on any atom is -0.480 e. The Bertz CT molecular complexity index is 328. The van der Waals surface area contributed by atoms with Gasteiger partial charge in [0.05, 0.1) is 11.8 Å². The lowest BCUT2D eigenvalue weighted by Crippen LogP contribution is -2.43. The molecule has 5 nitrogen and oxygen atoms in total. The molecule has 1 N–H and O–H groups in total. The first kappa shape index (κ1) is 11.1. The van der Waals surface area contributed by atoms with E-state index in [2.05, 4.69) is 0 Å². The molecule has 1 saturated heterocycles. The van der Waals surface area contributed by atoms with E-state index in [0.29, 0.717) is 0 Å². The van der Waals surface area contributed by atoms with Gasteiger partial charge in [-0.05, 0) is 19.8 Å². The fourth-order valence-electron chi connectivity index (χ4n) is 2.68. The van der Waals surface area contributed by atoms with Gasteiger partial charge in [-0.15, -0.1) is 0 Å². The summed E-state index contributed by atoms with van der Waals surface area (Å²) in [5.41, 5.74) is 0. The van der Waals surface area contributed by atoms with Crippen LogP contribution in [-0.2, 0) is 14.4 Å². The van der Waals surface area contributed by atoms with Crippen molar-refractivity contribution >= 4 is 17.8 Å². The van der Waals surface area contributed by atoms with Crippen molar-refractivity contribution in [1.82, 2.24) is 4.90 Å². The standard InChI is InChI=1S/C11H15NO4/c1-6(11(15)16)12-9(13)7-4-2-3-5-8(7)10(12)14/h6-8H,2-5H2,1H3,(H,15,16)/t6?,7-,8+. The van der Waals surface area contributed by atoms with Gasteiger partial charge in [0.25, 0.3) is 0 Å². The third-order valence-electron chi connectivity index (χ3n) is 3.62. The van der Waals surface area contributed by atoms with E-state index in [1.54, 1.807) is 0 Å². The summed E-state index contributed by atoms with van der Waals surface area (Å²) in [5, 5.41) is 8.87. The molecule has 1 heterocycles. The first-order chi connectivity index (χ1) is 7.54. The molecule has 0 aromatic heterocycles. The maximum Gasteiger partial charge on any atom is 0.326 e. The van der Waals surface area contributed by atoms with Crippen LogP contribution in [0.3, 0.4) is 0 Å². The van der Waals surface area contributed by atoms with Crippen molar-refractivity contribution in [1.29, 1.82) is 0 Å². The van der Waals surface area contributed by atoms with Gasteiger partial charge < -0.3 is 5.11 Å². The van der Waals surface area contributed by atoms with Crippen molar-refractivity contribution in [2.24, 2.45) is 11.8 Å². The quantitative estimate of drug-likeness (QED) is 0.699. The average Bonchev–Trinajstić information content (AvgIpc) is 2.52. The second-order valence-electron chi connectivity index (χ2n) is 4.56. The fraction of sp³-hybridized carbons (Fsp3) is 0.727. The average molecular weight is 225 g/mol. The van der Waals surface area contributed by atoms with E-state index >= 15 is 0 Å². The Morgan fingerprint density at radius 2 is 1.69 bits per heavy atom. The number of imide groups is 1. The van der Waals surface area contributed by atoms with E-state index in [0.717, 1.165) is 30.6 Å². The number of likely N-dealkylation sites (tertiary alicyclic amines) is 1. The summed E-state index contributed by atoms with van der Waals surface area (Å²) in [7, 11) is 0. The van der Waals surface area contributed by atoms with E-state index in [9.17, 15) is 14.4 Å². The number of amides is 2. The van der Waals surface area contributed by atoms with Gasteiger partial charge >= 0.3 is 5.97 Å². The zero-order valence-electron chi connectivity index (χ0n) is 9.18. The van der Waals surface area contributed by atoms with E-state index in [4.69, 9.17) is 5.11 Å². The van der Waals surface area contributed by atoms with Crippen LogP contribution < -0.4 is 0 Å². The summed E-state index contributed by atoms with van der Waals surface area (Å²) in [6.07, 6.45) is 3.35. The van der Waals surface area contributed by atoms with Crippen LogP contribution in [0, 0.1) is 11.8 Å². The van der Waals surface area contributed by atoms with Crippen LogP contribution in [0.25, 0.3) is 0 Å². The molecule has 0 aromatic rings. The van der Waals surface area contributed by atoms with Crippen molar-refractivity contribution in [3.05, 3.63) is 0 Å². The van der Waals surface area contributed by atoms with Gasteiger partial charge in [-0.3, -0.25) is 14.5 Å². The Kier molecular flexibility index (Phi) is 2.69. The molecule has 1 aliphatic heterocycles. The third-order valence-corrected chi connectivity index (χ3v) is 3.62. The summed E-state index contributed by atoms with van der Waals surface area (Å²) >= 11 is 0. The highest BCUT2D eigenvalue weighted by atomic mass is 16.4. The molecule has 88 valence electrons. The van der Waals surface area contributed by atoms with Crippen LogP contribution in [0.15, 0.2) is 0 Å². The largest absolute Gasteiger partial charge is 0.480 e. The molecule has 5 heteroatoms. The van der Waals surface area contributed by atoms with Gasteiger partial charge in [0, 0.05) is 0 Å².